The molecule has 4 nitrogen and oxygen atoms in total. The fourth-order valence-electron chi connectivity index (χ4n) is 2.03. The number of rotatable bonds is 4. The number of nitrogens with one attached hydrogen (secondary N) is 1. The quantitative estimate of drug-likeness (QED) is 0.642. The highest BCUT2D eigenvalue weighted by Crippen LogP contribution is 2.31. The summed E-state index contributed by atoms with van der Waals surface area (Å²) < 4.78 is 0.693. The highest BCUT2D eigenvalue weighted by atomic mass is 79.9. The number of hydrogen-bond acceptors (Lipinski definition) is 3. The topological polar surface area (TPSA) is 55.2 Å². The van der Waals surface area contributed by atoms with Crippen molar-refractivity contribution < 1.29 is 4.92 Å². The second-order valence-corrected chi connectivity index (χ2v) is 5.61. The maximum absolute atomic E-state index is 11.1. The van der Waals surface area contributed by atoms with Gasteiger partial charge in [-0.15, -0.1) is 0 Å². The summed E-state index contributed by atoms with van der Waals surface area (Å²) in [5, 5.41) is 14.3. The lowest BCUT2D eigenvalue weighted by Gasteiger charge is -2.16. The first-order valence-corrected chi connectivity index (χ1v) is 7.03. The van der Waals surface area contributed by atoms with Gasteiger partial charge in [0.2, 0.25) is 0 Å². The summed E-state index contributed by atoms with van der Waals surface area (Å²) in [5.74, 6) is 0. The maximum atomic E-state index is 11.1. The zero-order valence-electron chi connectivity index (χ0n) is 11.3. The summed E-state index contributed by atoms with van der Waals surface area (Å²) in [6.07, 6.45) is 0. The third-order valence-corrected chi connectivity index (χ3v) is 3.56. The second kappa shape index (κ2) is 6.05. The third kappa shape index (κ3) is 3.36. The van der Waals surface area contributed by atoms with Crippen LogP contribution < -0.4 is 5.32 Å². The SMILES string of the molecule is Cc1cccc(C(C)Nc2ccc(Br)cc2[N+](=O)[O-])c1. The van der Waals surface area contributed by atoms with Crippen LogP contribution in [-0.2, 0) is 0 Å². The summed E-state index contributed by atoms with van der Waals surface area (Å²) in [5.41, 5.74) is 2.86. The molecule has 0 heterocycles. The molecule has 2 rings (SSSR count). The molecule has 1 unspecified atom stereocenters. The summed E-state index contributed by atoms with van der Waals surface area (Å²) in [7, 11) is 0. The lowest BCUT2D eigenvalue weighted by atomic mass is 10.1. The van der Waals surface area contributed by atoms with E-state index in [1.165, 1.54) is 11.6 Å². The Balaban J connectivity index is 2.28. The zero-order chi connectivity index (χ0) is 14.7. The van der Waals surface area contributed by atoms with Crippen molar-refractivity contribution in [2.45, 2.75) is 19.9 Å². The van der Waals surface area contributed by atoms with E-state index in [0.29, 0.717) is 10.2 Å². The van der Waals surface area contributed by atoms with Gasteiger partial charge >= 0.3 is 0 Å². The Morgan fingerprint density at radius 2 is 2.00 bits per heavy atom. The molecule has 0 saturated heterocycles. The molecule has 0 aliphatic carbocycles. The lowest BCUT2D eigenvalue weighted by molar-refractivity contribution is -0.384. The largest absolute Gasteiger partial charge is 0.373 e. The van der Waals surface area contributed by atoms with Gasteiger partial charge in [0.15, 0.2) is 0 Å². The molecule has 0 spiro atoms. The average molecular weight is 335 g/mol. The fourth-order valence-corrected chi connectivity index (χ4v) is 2.38. The summed E-state index contributed by atoms with van der Waals surface area (Å²) in [6, 6.07) is 13.1. The van der Waals surface area contributed by atoms with Crippen molar-refractivity contribution in [2.75, 3.05) is 5.32 Å². The Labute approximate surface area is 126 Å². The van der Waals surface area contributed by atoms with Gasteiger partial charge in [-0.25, -0.2) is 0 Å². The van der Waals surface area contributed by atoms with Crippen LogP contribution in [0.5, 0.6) is 0 Å². The molecule has 104 valence electrons. The van der Waals surface area contributed by atoms with E-state index in [9.17, 15) is 10.1 Å². The third-order valence-electron chi connectivity index (χ3n) is 3.07. The lowest BCUT2D eigenvalue weighted by Crippen LogP contribution is -2.08. The van der Waals surface area contributed by atoms with Gasteiger partial charge in [0.25, 0.3) is 5.69 Å². The first-order valence-electron chi connectivity index (χ1n) is 6.24. The van der Waals surface area contributed by atoms with Crippen LogP contribution in [0.15, 0.2) is 46.9 Å². The second-order valence-electron chi connectivity index (χ2n) is 4.70. The van der Waals surface area contributed by atoms with Gasteiger partial charge < -0.3 is 5.32 Å². The Bertz CT molecular complexity index is 644. The molecule has 0 aromatic heterocycles. The first kappa shape index (κ1) is 14.5. The van der Waals surface area contributed by atoms with Crippen molar-refractivity contribution in [2.24, 2.45) is 0 Å². The molecule has 2 aromatic rings. The molecule has 0 aliphatic heterocycles. The van der Waals surface area contributed by atoms with Crippen LogP contribution >= 0.6 is 15.9 Å². The van der Waals surface area contributed by atoms with Crippen molar-refractivity contribution in [3.63, 3.8) is 0 Å². The predicted octanol–water partition coefficient (Wildman–Crippen LogP) is 4.84. The Kier molecular flexibility index (Phi) is 4.39. The van der Waals surface area contributed by atoms with E-state index in [2.05, 4.69) is 27.3 Å². The molecular formula is C15H15BrN2O2. The molecule has 20 heavy (non-hydrogen) atoms. The molecule has 1 atom stereocenters. The van der Waals surface area contributed by atoms with Crippen molar-refractivity contribution in [3.8, 4) is 0 Å². The van der Waals surface area contributed by atoms with E-state index >= 15 is 0 Å². The fraction of sp³-hybridized carbons (Fsp3) is 0.200. The molecule has 0 radical (unpaired) electrons. The highest BCUT2D eigenvalue weighted by Gasteiger charge is 2.16. The number of nitro benzene ring substituents is 1. The Morgan fingerprint density at radius 3 is 2.65 bits per heavy atom. The van der Waals surface area contributed by atoms with E-state index in [-0.39, 0.29) is 16.7 Å². The van der Waals surface area contributed by atoms with Gasteiger partial charge in [-0.3, -0.25) is 10.1 Å². The molecule has 0 aliphatic rings. The van der Waals surface area contributed by atoms with E-state index < -0.39 is 0 Å². The number of halogens is 1. The van der Waals surface area contributed by atoms with Gasteiger partial charge in [0.05, 0.1) is 4.92 Å². The minimum absolute atomic E-state index is 0.00484. The van der Waals surface area contributed by atoms with Crippen molar-refractivity contribution in [1.29, 1.82) is 0 Å². The number of anilines is 1. The maximum Gasteiger partial charge on any atom is 0.293 e. The van der Waals surface area contributed by atoms with Gasteiger partial charge in [-0.1, -0.05) is 45.8 Å². The minimum Gasteiger partial charge on any atom is -0.373 e. The van der Waals surface area contributed by atoms with Crippen molar-refractivity contribution >= 4 is 27.3 Å². The van der Waals surface area contributed by atoms with Gasteiger partial charge in [-0.05, 0) is 31.5 Å². The van der Waals surface area contributed by atoms with Crippen molar-refractivity contribution in [1.82, 2.24) is 0 Å². The predicted molar refractivity (Wildman–Crippen MR) is 84.0 cm³/mol. The summed E-state index contributed by atoms with van der Waals surface area (Å²) >= 11 is 3.25. The van der Waals surface area contributed by atoms with Crippen LogP contribution in [0.3, 0.4) is 0 Å². The molecule has 0 amide bonds. The van der Waals surface area contributed by atoms with Crippen LogP contribution in [0, 0.1) is 17.0 Å². The molecule has 0 saturated carbocycles. The number of benzene rings is 2. The molecule has 5 heteroatoms. The van der Waals surface area contributed by atoms with Gasteiger partial charge in [0, 0.05) is 16.6 Å². The minimum atomic E-state index is -0.379. The Morgan fingerprint density at radius 1 is 1.25 bits per heavy atom. The van der Waals surface area contributed by atoms with Crippen LogP contribution in [0.2, 0.25) is 0 Å². The van der Waals surface area contributed by atoms with E-state index in [4.69, 9.17) is 0 Å². The number of hydrogen-bond donors (Lipinski definition) is 1. The van der Waals surface area contributed by atoms with Gasteiger partial charge in [-0.2, -0.15) is 0 Å². The molecular weight excluding hydrogens is 320 g/mol. The molecule has 0 fully saturated rings. The van der Waals surface area contributed by atoms with E-state index in [1.807, 2.05) is 32.0 Å². The number of nitrogens with zero attached hydrogens (tertiary/aromatic N) is 1. The average Bonchev–Trinajstić information content (AvgIpc) is 2.40. The highest BCUT2D eigenvalue weighted by molar-refractivity contribution is 9.10. The van der Waals surface area contributed by atoms with E-state index in [0.717, 1.165) is 5.56 Å². The normalized spacial score (nSPS) is 11.9. The molecule has 0 bridgehead atoms. The zero-order valence-corrected chi connectivity index (χ0v) is 12.8. The number of aryl methyl sites for hydroxylation is 1. The monoisotopic (exact) mass is 334 g/mol. The van der Waals surface area contributed by atoms with Crippen LogP contribution in [0.1, 0.15) is 24.1 Å². The molecule has 2 aromatic carbocycles. The van der Waals surface area contributed by atoms with Crippen LogP contribution in [-0.4, -0.2) is 4.92 Å². The van der Waals surface area contributed by atoms with E-state index in [1.54, 1.807) is 12.1 Å². The standard InChI is InChI=1S/C15H15BrN2O2/c1-10-4-3-5-12(8-10)11(2)17-14-7-6-13(16)9-15(14)18(19)20/h3-9,11,17H,1-2H3. The summed E-state index contributed by atoms with van der Waals surface area (Å²) in [4.78, 5) is 10.7. The molecule has 1 N–H and O–H groups in total. The summed E-state index contributed by atoms with van der Waals surface area (Å²) in [6.45, 7) is 4.01. The van der Waals surface area contributed by atoms with Crippen LogP contribution in [0.4, 0.5) is 11.4 Å². The van der Waals surface area contributed by atoms with Crippen molar-refractivity contribution in [3.05, 3.63) is 68.2 Å². The first-order chi connectivity index (χ1) is 9.47. The number of nitro groups is 1. The van der Waals surface area contributed by atoms with Crippen LogP contribution in [0.25, 0.3) is 0 Å². The van der Waals surface area contributed by atoms with Gasteiger partial charge in [0.1, 0.15) is 5.69 Å². The smallest absolute Gasteiger partial charge is 0.293 e. The Hall–Kier alpha value is -1.88.